The Bertz CT molecular complexity index is 1640. The second-order valence-corrected chi connectivity index (χ2v) is 10.1. The van der Waals surface area contributed by atoms with Crippen LogP contribution in [0.4, 0.5) is 22.0 Å². The van der Waals surface area contributed by atoms with E-state index in [9.17, 15) is 31.5 Å². The lowest BCUT2D eigenvalue weighted by Gasteiger charge is -2.22. The molecule has 2 aromatic carbocycles. The highest BCUT2D eigenvalue weighted by atomic mass is 19.3. The second kappa shape index (κ2) is 12.1. The van der Waals surface area contributed by atoms with Gasteiger partial charge in [0, 0.05) is 29.1 Å². The number of nitrogens with zero attached hydrogens (tertiary/aromatic N) is 3. The highest BCUT2D eigenvalue weighted by Crippen LogP contribution is 2.32. The first-order chi connectivity index (χ1) is 20.1. The molecule has 2 aromatic heterocycles. The van der Waals surface area contributed by atoms with Gasteiger partial charge < -0.3 is 11.1 Å². The number of primary amides is 1. The van der Waals surface area contributed by atoms with Crippen LogP contribution in [0.5, 0.6) is 0 Å². The minimum Gasteiger partial charge on any atom is -0.366 e. The minimum absolute atomic E-state index is 0.103. The topological polar surface area (TPSA) is 103 Å². The Balaban J connectivity index is 1.52. The zero-order valence-electron chi connectivity index (χ0n) is 22.2. The average Bonchev–Trinajstić information content (AvgIpc) is 3.31. The number of hydrogen-bond donors (Lipinski definition) is 2. The largest absolute Gasteiger partial charge is 0.366 e. The van der Waals surface area contributed by atoms with Crippen LogP contribution in [0.25, 0.3) is 11.1 Å². The van der Waals surface area contributed by atoms with Gasteiger partial charge in [-0.3, -0.25) is 19.3 Å². The number of pyridine rings is 1. The van der Waals surface area contributed by atoms with Gasteiger partial charge in [-0.15, -0.1) is 0 Å². The summed E-state index contributed by atoms with van der Waals surface area (Å²) < 4.78 is 70.9. The Hall–Kier alpha value is -4.61. The molecule has 7 nitrogen and oxygen atoms in total. The molecule has 0 saturated carbocycles. The molecule has 2 heterocycles. The van der Waals surface area contributed by atoms with Crippen LogP contribution in [0, 0.1) is 17.5 Å². The minimum atomic E-state index is -2.78. The number of nitrogens with one attached hydrogen (secondary N) is 1. The van der Waals surface area contributed by atoms with Crippen molar-refractivity contribution < 1.29 is 31.5 Å². The molecule has 1 aliphatic rings. The highest BCUT2D eigenvalue weighted by molar-refractivity contribution is 5.94. The average molecular weight is 584 g/mol. The molecule has 42 heavy (non-hydrogen) atoms. The molecular weight excluding hydrogens is 557 g/mol. The van der Waals surface area contributed by atoms with Gasteiger partial charge in [0.2, 0.25) is 5.91 Å². The predicted octanol–water partition coefficient (Wildman–Crippen LogP) is 5.38. The quantitative estimate of drug-likeness (QED) is 0.259. The van der Waals surface area contributed by atoms with Gasteiger partial charge in [-0.1, -0.05) is 12.1 Å². The molecule has 5 rings (SSSR count). The molecule has 0 radical (unpaired) electrons. The van der Waals surface area contributed by atoms with Crippen LogP contribution in [0.3, 0.4) is 0 Å². The maximum Gasteiger partial charge on any atom is 0.282 e. The normalized spacial score (nSPS) is 13.6. The summed E-state index contributed by atoms with van der Waals surface area (Å²) in [7, 11) is 0. The van der Waals surface area contributed by atoms with Crippen molar-refractivity contribution in [1.82, 2.24) is 20.1 Å². The SMILES string of the molecule is NC(=O)c1cc(-c2cccnc2[C@H](Cc2cc(F)cc(F)c2)NC(=O)Cn2nc(C(F)F)c3c2CCCC3)ccc1F. The smallest absolute Gasteiger partial charge is 0.282 e. The monoisotopic (exact) mass is 583 g/mol. The van der Waals surface area contributed by atoms with Crippen LogP contribution < -0.4 is 11.1 Å². The van der Waals surface area contributed by atoms with Gasteiger partial charge in [0.05, 0.1) is 17.3 Å². The third-order valence-corrected chi connectivity index (χ3v) is 7.20. The number of fused-ring (bicyclic) bond motifs is 1. The molecule has 1 aliphatic carbocycles. The number of hydrogen-bond acceptors (Lipinski definition) is 4. The fourth-order valence-electron chi connectivity index (χ4n) is 5.38. The summed E-state index contributed by atoms with van der Waals surface area (Å²) in [5.41, 5.74) is 6.91. The first-order valence-corrected chi connectivity index (χ1v) is 13.3. The van der Waals surface area contributed by atoms with E-state index in [-0.39, 0.29) is 35.5 Å². The second-order valence-electron chi connectivity index (χ2n) is 10.1. The van der Waals surface area contributed by atoms with Crippen molar-refractivity contribution >= 4 is 11.8 Å². The maximum atomic E-state index is 14.2. The predicted molar refractivity (Wildman–Crippen MR) is 143 cm³/mol. The van der Waals surface area contributed by atoms with Gasteiger partial charge in [-0.2, -0.15) is 5.10 Å². The van der Waals surface area contributed by atoms with Crippen molar-refractivity contribution in [3.63, 3.8) is 0 Å². The Morgan fingerprint density at radius 1 is 0.976 bits per heavy atom. The summed E-state index contributed by atoms with van der Waals surface area (Å²) in [5, 5.41) is 6.84. The van der Waals surface area contributed by atoms with E-state index in [1.165, 1.54) is 23.0 Å². The van der Waals surface area contributed by atoms with Crippen LogP contribution in [0.2, 0.25) is 0 Å². The first-order valence-electron chi connectivity index (χ1n) is 13.3. The van der Waals surface area contributed by atoms with Crippen molar-refractivity contribution in [3.05, 3.63) is 106 Å². The van der Waals surface area contributed by atoms with Gasteiger partial charge in [-0.05, 0) is 73.6 Å². The fraction of sp³-hybridized carbons (Fsp3) is 0.267. The van der Waals surface area contributed by atoms with Gasteiger partial charge in [0.15, 0.2) is 0 Å². The number of carbonyl (C=O) groups excluding carboxylic acids is 2. The standard InChI is InChI=1S/C30H26F5N5O2/c31-18-10-16(11-19(32)14-18)12-24(27-20(5-3-9-37-27)17-7-8-23(33)22(13-17)30(36)42)38-26(41)15-40-25-6-2-1-4-21(25)28(39-40)29(34)35/h3,5,7-11,13-14,24,29H,1-2,4,6,12,15H2,(H2,36,42)(H,38,41)/t24-/m0/s1. The van der Waals surface area contributed by atoms with Gasteiger partial charge >= 0.3 is 0 Å². The Kier molecular flexibility index (Phi) is 8.32. The molecule has 0 spiro atoms. The first kappa shape index (κ1) is 28.9. The number of amides is 2. The van der Waals surface area contributed by atoms with E-state index in [0.717, 1.165) is 31.0 Å². The van der Waals surface area contributed by atoms with Crippen LogP contribution in [0.1, 0.15) is 63.9 Å². The van der Waals surface area contributed by atoms with Crippen molar-refractivity contribution in [2.75, 3.05) is 0 Å². The summed E-state index contributed by atoms with van der Waals surface area (Å²) in [6, 6.07) is 8.93. The zero-order chi connectivity index (χ0) is 30.0. The molecule has 0 aliphatic heterocycles. The van der Waals surface area contributed by atoms with E-state index in [2.05, 4.69) is 15.4 Å². The van der Waals surface area contributed by atoms with Crippen LogP contribution in [0.15, 0.2) is 54.7 Å². The summed E-state index contributed by atoms with van der Waals surface area (Å²) in [5.74, 6) is -4.03. The fourth-order valence-corrected chi connectivity index (χ4v) is 5.38. The molecule has 2 amide bonds. The summed E-state index contributed by atoms with van der Waals surface area (Å²) in [6.45, 7) is -0.367. The number of nitrogens with two attached hydrogens (primary N) is 1. The number of alkyl halides is 2. The molecular formula is C30H26F5N5O2. The lowest BCUT2D eigenvalue weighted by molar-refractivity contribution is -0.122. The van der Waals surface area contributed by atoms with E-state index < -0.39 is 41.7 Å². The number of rotatable bonds is 9. The highest BCUT2D eigenvalue weighted by Gasteiger charge is 2.28. The van der Waals surface area contributed by atoms with Crippen molar-refractivity contribution in [2.45, 2.75) is 51.1 Å². The molecule has 1 atom stereocenters. The zero-order valence-corrected chi connectivity index (χ0v) is 22.2. The molecule has 12 heteroatoms. The molecule has 0 bridgehead atoms. The molecule has 0 unspecified atom stereocenters. The third kappa shape index (κ3) is 6.17. The Morgan fingerprint density at radius 2 is 1.71 bits per heavy atom. The van der Waals surface area contributed by atoms with Crippen LogP contribution in [-0.2, 0) is 30.6 Å². The summed E-state index contributed by atoms with van der Waals surface area (Å²) >= 11 is 0. The molecule has 0 fully saturated rings. The summed E-state index contributed by atoms with van der Waals surface area (Å²) in [6.07, 6.45) is 1.04. The van der Waals surface area contributed by atoms with E-state index in [0.29, 0.717) is 41.3 Å². The molecule has 3 N–H and O–H groups in total. The lowest BCUT2D eigenvalue weighted by Crippen LogP contribution is -2.34. The van der Waals surface area contributed by atoms with Crippen LogP contribution in [-0.4, -0.2) is 26.6 Å². The van der Waals surface area contributed by atoms with E-state index >= 15 is 0 Å². The number of halogens is 5. The van der Waals surface area contributed by atoms with Gasteiger partial charge in [0.25, 0.3) is 12.3 Å². The number of aromatic nitrogens is 3. The van der Waals surface area contributed by atoms with E-state index in [1.807, 2.05) is 0 Å². The number of carbonyl (C=O) groups is 2. The van der Waals surface area contributed by atoms with Crippen LogP contribution >= 0.6 is 0 Å². The van der Waals surface area contributed by atoms with Gasteiger partial charge in [-0.25, -0.2) is 22.0 Å². The summed E-state index contributed by atoms with van der Waals surface area (Å²) in [4.78, 5) is 29.6. The molecule has 0 saturated heterocycles. The lowest BCUT2D eigenvalue weighted by atomic mass is 9.94. The van der Waals surface area contributed by atoms with E-state index in [4.69, 9.17) is 5.73 Å². The van der Waals surface area contributed by atoms with Gasteiger partial charge in [0.1, 0.15) is 29.7 Å². The molecule has 4 aromatic rings. The van der Waals surface area contributed by atoms with E-state index in [1.54, 1.807) is 12.1 Å². The number of benzene rings is 2. The Morgan fingerprint density at radius 3 is 2.43 bits per heavy atom. The van der Waals surface area contributed by atoms with Crippen molar-refractivity contribution in [2.24, 2.45) is 5.73 Å². The third-order valence-electron chi connectivity index (χ3n) is 7.20. The van der Waals surface area contributed by atoms with Crippen molar-refractivity contribution in [1.29, 1.82) is 0 Å². The maximum absolute atomic E-state index is 14.2. The van der Waals surface area contributed by atoms with Crippen molar-refractivity contribution in [3.8, 4) is 11.1 Å². The Labute approximate surface area is 237 Å². The molecule has 218 valence electrons.